The maximum Gasteiger partial charge on any atom is 0.272 e. The fourth-order valence-electron chi connectivity index (χ4n) is 4.24. The van der Waals surface area contributed by atoms with E-state index in [2.05, 4.69) is 15.4 Å². The summed E-state index contributed by atoms with van der Waals surface area (Å²) in [6.07, 6.45) is 2.43. The number of benzene rings is 1. The summed E-state index contributed by atoms with van der Waals surface area (Å²) in [4.78, 5) is 18.0. The van der Waals surface area contributed by atoms with Crippen LogP contribution in [0.1, 0.15) is 55.0 Å². The Bertz CT molecular complexity index is 1340. The smallest absolute Gasteiger partial charge is 0.272 e. The summed E-state index contributed by atoms with van der Waals surface area (Å²) in [6, 6.07) is 6.79. The molecule has 34 heavy (non-hydrogen) atoms. The van der Waals surface area contributed by atoms with Gasteiger partial charge in [0.1, 0.15) is 10.6 Å². The van der Waals surface area contributed by atoms with Crippen LogP contribution < -0.4 is 10.1 Å². The Hall–Kier alpha value is -2.98. The Morgan fingerprint density at radius 3 is 2.56 bits per heavy atom. The zero-order chi connectivity index (χ0) is 24.6. The van der Waals surface area contributed by atoms with Crippen LogP contribution in [0.2, 0.25) is 0 Å². The lowest BCUT2D eigenvalue weighted by atomic mass is 10.0. The van der Waals surface area contributed by atoms with E-state index in [1.807, 2.05) is 33.8 Å². The van der Waals surface area contributed by atoms with E-state index in [0.717, 1.165) is 30.7 Å². The van der Waals surface area contributed by atoms with E-state index < -0.39 is 10.0 Å². The first-order chi connectivity index (χ1) is 16.2. The Morgan fingerprint density at radius 2 is 1.91 bits per heavy atom. The van der Waals surface area contributed by atoms with Crippen LogP contribution >= 0.6 is 0 Å². The molecule has 1 N–H and O–H groups in total. The van der Waals surface area contributed by atoms with Gasteiger partial charge in [0.05, 0.1) is 12.7 Å². The van der Waals surface area contributed by atoms with E-state index in [0.29, 0.717) is 29.9 Å². The molecule has 1 aliphatic heterocycles. The molecule has 1 saturated heterocycles. The average molecular weight is 486 g/mol. The third kappa shape index (κ3) is 4.27. The monoisotopic (exact) mass is 485 g/mol. The van der Waals surface area contributed by atoms with Gasteiger partial charge in [-0.05, 0) is 63.8 Å². The number of aryl methyl sites for hydroxylation is 2. The summed E-state index contributed by atoms with van der Waals surface area (Å²) >= 11 is 0. The van der Waals surface area contributed by atoms with Gasteiger partial charge in [0.25, 0.3) is 5.91 Å². The summed E-state index contributed by atoms with van der Waals surface area (Å²) in [7, 11) is -2.31. The normalized spacial score (nSPS) is 15.6. The van der Waals surface area contributed by atoms with Gasteiger partial charge in [-0.1, -0.05) is 13.0 Å². The van der Waals surface area contributed by atoms with Crippen molar-refractivity contribution in [2.75, 3.05) is 20.2 Å². The number of sulfonamides is 1. The molecule has 3 aromatic rings. The first kappa shape index (κ1) is 24.2. The molecule has 1 aromatic carbocycles. The van der Waals surface area contributed by atoms with Crippen LogP contribution in [-0.2, 0) is 10.0 Å². The second kappa shape index (κ2) is 9.34. The van der Waals surface area contributed by atoms with Crippen molar-refractivity contribution in [3.8, 4) is 16.9 Å². The van der Waals surface area contributed by atoms with Gasteiger partial charge < -0.3 is 10.1 Å². The van der Waals surface area contributed by atoms with Gasteiger partial charge in [0.15, 0.2) is 11.3 Å². The van der Waals surface area contributed by atoms with Gasteiger partial charge in [-0.15, -0.1) is 0 Å². The minimum Gasteiger partial charge on any atom is -0.495 e. The number of carbonyl (C=O) groups excluding carboxylic acids is 1. The molecule has 2 aromatic heterocycles. The van der Waals surface area contributed by atoms with E-state index >= 15 is 0 Å². The van der Waals surface area contributed by atoms with Crippen molar-refractivity contribution in [2.45, 2.75) is 57.9 Å². The Kier molecular flexibility index (Phi) is 6.64. The fourth-order valence-corrected chi connectivity index (χ4v) is 5.94. The van der Waals surface area contributed by atoms with Crippen molar-refractivity contribution >= 4 is 21.6 Å². The third-order valence-corrected chi connectivity index (χ3v) is 8.16. The predicted octanol–water partition coefficient (Wildman–Crippen LogP) is 3.33. The molecule has 1 atom stereocenters. The van der Waals surface area contributed by atoms with Gasteiger partial charge in [-0.2, -0.15) is 9.40 Å². The molecular formula is C24H31N5O4S. The van der Waals surface area contributed by atoms with Crippen LogP contribution in [0.4, 0.5) is 0 Å². The zero-order valence-corrected chi connectivity index (χ0v) is 21.1. The highest BCUT2D eigenvalue weighted by Gasteiger charge is 2.31. The molecule has 10 heteroatoms. The van der Waals surface area contributed by atoms with Crippen LogP contribution in [0.15, 0.2) is 29.2 Å². The van der Waals surface area contributed by atoms with Crippen LogP contribution in [0.3, 0.4) is 0 Å². The number of carbonyl (C=O) groups is 1. The molecule has 9 nitrogen and oxygen atoms in total. The lowest BCUT2D eigenvalue weighted by Gasteiger charge is -2.18. The summed E-state index contributed by atoms with van der Waals surface area (Å²) < 4.78 is 35.4. The quantitative estimate of drug-likeness (QED) is 0.550. The maximum atomic E-state index is 13.4. The molecule has 1 fully saturated rings. The van der Waals surface area contributed by atoms with E-state index in [1.54, 1.807) is 22.7 Å². The SMILES string of the molecule is CC[C@@H](C)NC(=O)c1nn2c(C)cc(C)nc2c1-c1ccc(OC)c(S(=O)(=O)N2CCCC2)c1. The summed E-state index contributed by atoms with van der Waals surface area (Å²) in [5.74, 6) is -0.0651. The third-order valence-electron chi connectivity index (χ3n) is 6.24. The van der Waals surface area contributed by atoms with Crippen LogP contribution in [-0.4, -0.2) is 59.5 Å². The largest absolute Gasteiger partial charge is 0.495 e. The minimum absolute atomic E-state index is 0.0390. The summed E-state index contributed by atoms with van der Waals surface area (Å²) in [5.41, 5.74) is 3.34. The molecule has 3 heterocycles. The maximum absolute atomic E-state index is 13.4. The minimum atomic E-state index is -3.76. The first-order valence-electron chi connectivity index (χ1n) is 11.5. The van der Waals surface area contributed by atoms with E-state index in [4.69, 9.17) is 4.74 Å². The molecule has 1 amide bonds. The predicted molar refractivity (Wildman–Crippen MR) is 130 cm³/mol. The molecule has 0 radical (unpaired) electrons. The highest BCUT2D eigenvalue weighted by molar-refractivity contribution is 7.89. The van der Waals surface area contributed by atoms with Crippen LogP contribution in [0.5, 0.6) is 5.75 Å². The number of methoxy groups -OCH3 is 1. The fraction of sp³-hybridized carbons (Fsp3) is 0.458. The molecule has 4 rings (SSSR count). The molecule has 0 saturated carbocycles. The number of rotatable bonds is 7. The highest BCUT2D eigenvalue weighted by atomic mass is 32.2. The second-order valence-electron chi connectivity index (χ2n) is 8.76. The number of hydrogen-bond acceptors (Lipinski definition) is 6. The molecule has 0 aliphatic carbocycles. The van der Waals surface area contributed by atoms with E-state index in [-0.39, 0.29) is 28.3 Å². The molecular weight excluding hydrogens is 454 g/mol. The highest BCUT2D eigenvalue weighted by Crippen LogP contribution is 2.36. The number of ether oxygens (including phenoxy) is 1. The second-order valence-corrected chi connectivity index (χ2v) is 10.7. The average Bonchev–Trinajstić information content (AvgIpc) is 3.47. The number of nitrogens with zero attached hydrogens (tertiary/aromatic N) is 4. The summed E-state index contributed by atoms with van der Waals surface area (Å²) in [5, 5.41) is 7.55. The lowest BCUT2D eigenvalue weighted by molar-refractivity contribution is 0.0934. The molecule has 0 spiro atoms. The standard InChI is InChI=1S/C24H31N5O4S/c1-6-15(2)26-24(30)22-21(23-25-16(3)13-17(4)29(23)27-22)18-9-10-19(33-5)20(14-18)34(31,32)28-11-7-8-12-28/h9-10,13-15H,6-8,11-12H2,1-5H3,(H,26,30)/t15-/m1/s1. The Labute approximate surface area is 200 Å². The Balaban J connectivity index is 1.95. The van der Waals surface area contributed by atoms with Crippen molar-refractivity contribution in [1.82, 2.24) is 24.2 Å². The van der Waals surface area contributed by atoms with Crippen molar-refractivity contribution in [1.29, 1.82) is 0 Å². The number of hydrogen-bond donors (Lipinski definition) is 1. The summed E-state index contributed by atoms with van der Waals surface area (Å²) in [6.45, 7) is 8.65. The lowest BCUT2D eigenvalue weighted by Crippen LogP contribution is -2.32. The Morgan fingerprint density at radius 1 is 1.21 bits per heavy atom. The van der Waals surface area contributed by atoms with Gasteiger partial charge in [0.2, 0.25) is 10.0 Å². The van der Waals surface area contributed by atoms with Crippen molar-refractivity contribution < 1.29 is 17.9 Å². The number of aromatic nitrogens is 3. The number of nitrogens with one attached hydrogen (secondary N) is 1. The van der Waals surface area contributed by atoms with E-state index in [1.165, 1.54) is 11.4 Å². The topological polar surface area (TPSA) is 106 Å². The molecule has 0 bridgehead atoms. The molecule has 1 aliphatic rings. The van der Waals surface area contributed by atoms with E-state index in [9.17, 15) is 13.2 Å². The number of amides is 1. The van der Waals surface area contributed by atoms with Gasteiger partial charge in [-0.25, -0.2) is 17.9 Å². The zero-order valence-electron chi connectivity index (χ0n) is 20.3. The number of fused-ring (bicyclic) bond motifs is 1. The van der Waals surface area contributed by atoms with Crippen molar-refractivity contribution in [3.05, 3.63) is 41.3 Å². The van der Waals surface area contributed by atoms with Gasteiger partial charge in [0, 0.05) is 30.5 Å². The molecule has 0 unspecified atom stereocenters. The van der Waals surface area contributed by atoms with Crippen LogP contribution in [0, 0.1) is 13.8 Å². The van der Waals surface area contributed by atoms with Gasteiger partial charge in [-0.3, -0.25) is 4.79 Å². The van der Waals surface area contributed by atoms with Crippen molar-refractivity contribution in [2.24, 2.45) is 0 Å². The molecule has 182 valence electrons. The first-order valence-corrected chi connectivity index (χ1v) is 13.0. The van der Waals surface area contributed by atoms with Crippen LogP contribution in [0.25, 0.3) is 16.8 Å². The van der Waals surface area contributed by atoms with Crippen molar-refractivity contribution in [3.63, 3.8) is 0 Å². The van der Waals surface area contributed by atoms with Gasteiger partial charge >= 0.3 is 0 Å².